The van der Waals surface area contributed by atoms with Gasteiger partial charge in [-0.3, -0.25) is 4.79 Å². The summed E-state index contributed by atoms with van der Waals surface area (Å²) in [5.74, 6) is 1.07. The van der Waals surface area contributed by atoms with E-state index in [0.717, 1.165) is 60.4 Å². The molecule has 0 bridgehead atoms. The van der Waals surface area contributed by atoms with E-state index in [4.69, 9.17) is 4.74 Å². The van der Waals surface area contributed by atoms with Gasteiger partial charge in [0.1, 0.15) is 11.9 Å². The highest BCUT2D eigenvalue weighted by Crippen LogP contribution is 2.27. The number of ketones is 1. The molecular formula is C32H37NO2. The molecule has 35 heavy (non-hydrogen) atoms. The lowest BCUT2D eigenvalue weighted by molar-refractivity contribution is 0.0993. The third-order valence-electron chi connectivity index (χ3n) is 6.83. The summed E-state index contributed by atoms with van der Waals surface area (Å²) in [5.41, 5.74) is 7.77. The summed E-state index contributed by atoms with van der Waals surface area (Å²) in [6, 6.07) is 22.7. The van der Waals surface area contributed by atoms with E-state index < -0.39 is 0 Å². The van der Waals surface area contributed by atoms with Crippen molar-refractivity contribution in [2.75, 3.05) is 20.1 Å². The zero-order chi connectivity index (χ0) is 24.8. The van der Waals surface area contributed by atoms with Crippen LogP contribution in [0.4, 0.5) is 0 Å². The van der Waals surface area contributed by atoms with Crippen LogP contribution in [-0.4, -0.2) is 36.9 Å². The van der Waals surface area contributed by atoms with Crippen molar-refractivity contribution < 1.29 is 9.53 Å². The number of carbonyl (C=O) groups is 1. The molecule has 1 aliphatic rings. The van der Waals surface area contributed by atoms with Crippen molar-refractivity contribution in [3.63, 3.8) is 0 Å². The molecule has 3 heteroatoms. The van der Waals surface area contributed by atoms with Gasteiger partial charge < -0.3 is 9.64 Å². The molecule has 3 nitrogen and oxygen atoms in total. The molecule has 3 aromatic rings. The lowest BCUT2D eigenvalue weighted by Crippen LogP contribution is -2.35. The summed E-state index contributed by atoms with van der Waals surface area (Å²) in [5, 5.41) is 0. The van der Waals surface area contributed by atoms with Gasteiger partial charge in [0.25, 0.3) is 0 Å². The van der Waals surface area contributed by atoms with Crippen LogP contribution < -0.4 is 4.74 Å². The van der Waals surface area contributed by atoms with E-state index in [-0.39, 0.29) is 11.9 Å². The van der Waals surface area contributed by atoms with Crippen LogP contribution in [0.25, 0.3) is 11.1 Å². The van der Waals surface area contributed by atoms with Crippen molar-refractivity contribution in [3.05, 3.63) is 101 Å². The van der Waals surface area contributed by atoms with Crippen molar-refractivity contribution in [1.82, 2.24) is 4.90 Å². The van der Waals surface area contributed by atoms with Crippen LogP contribution in [0.5, 0.6) is 5.75 Å². The molecular weight excluding hydrogens is 430 g/mol. The topological polar surface area (TPSA) is 29.5 Å². The predicted molar refractivity (Wildman–Crippen MR) is 145 cm³/mol. The Bertz CT molecular complexity index is 1200. The Balaban J connectivity index is 1.46. The fourth-order valence-electron chi connectivity index (χ4n) is 4.57. The maximum Gasteiger partial charge on any atom is 0.167 e. The minimum Gasteiger partial charge on any atom is -0.490 e. The molecule has 1 aliphatic heterocycles. The second-order valence-electron chi connectivity index (χ2n) is 10.1. The lowest BCUT2D eigenvalue weighted by atomic mass is 9.95. The van der Waals surface area contributed by atoms with Gasteiger partial charge in [0, 0.05) is 25.1 Å². The molecule has 0 N–H and O–H groups in total. The number of aryl methyl sites for hydroxylation is 1. The standard InChI is InChI=1S/C32H37NO2/c1-23(2)11-13-26-21-29(14-12-24(26)3)32(34)20-25-7-5-8-27(19-25)28-9-6-10-31(22-28)35-30-15-17-33(4)18-16-30/h5-12,14,19,21-22,30H,13,15-18,20H2,1-4H3. The van der Waals surface area contributed by atoms with Crippen LogP contribution in [0.3, 0.4) is 0 Å². The first-order valence-corrected chi connectivity index (χ1v) is 12.7. The van der Waals surface area contributed by atoms with Crippen molar-refractivity contribution in [2.45, 2.75) is 52.6 Å². The van der Waals surface area contributed by atoms with Gasteiger partial charge in [-0.05, 0) is 93.1 Å². The average molecular weight is 468 g/mol. The van der Waals surface area contributed by atoms with E-state index >= 15 is 0 Å². The van der Waals surface area contributed by atoms with Gasteiger partial charge in [0.2, 0.25) is 0 Å². The van der Waals surface area contributed by atoms with E-state index in [2.05, 4.69) is 81.3 Å². The van der Waals surface area contributed by atoms with E-state index in [0.29, 0.717) is 6.42 Å². The molecule has 1 fully saturated rings. The number of rotatable bonds is 8. The minimum absolute atomic E-state index is 0.153. The number of nitrogens with zero attached hydrogens (tertiary/aromatic N) is 1. The zero-order valence-corrected chi connectivity index (χ0v) is 21.5. The van der Waals surface area contributed by atoms with Gasteiger partial charge in [0.15, 0.2) is 5.78 Å². The van der Waals surface area contributed by atoms with Crippen molar-refractivity contribution >= 4 is 5.78 Å². The van der Waals surface area contributed by atoms with E-state index in [9.17, 15) is 4.79 Å². The highest BCUT2D eigenvalue weighted by Gasteiger charge is 2.18. The molecule has 0 atom stereocenters. The summed E-state index contributed by atoms with van der Waals surface area (Å²) >= 11 is 0. The van der Waals surface area contributed by atoms with E-state index in [1.54, 1.807) is 0 Å². The third-order valence-corrected chi connectivity index (χ3v) is 6.83. The largest absolute Gasteiger partial charge is 0.490 e. The molecule has 0 aromatic heterocycles. The van der Waals surface area contributed by atoms with Crippen molar-refractivity contribution in [2.24, 2.45) is 0 Å². The number of likely N-dealkylation sites (tertiary alicyclic amines) is 1. The quantitative estimate of drug-likeness (QED) is 0.262. The molecule has 1 heterocycles. The number of hydrogen-bond donors (Lipinski definition) is 0. The first kappa shape index (κ1) is 24.9. The number of ether oxygens (including phenoxy) is 1. The fourth-order valence-corrected chi connectivity index (χ4v) is 4.57. The number of piperidine rings is 1. The fraction of sp³-hybridized carbons (Fsp3) is 0.344. The first-order valence-electron chi connectivity index (χ1n) is 12.7. The average Bonchev–Trinajstić information content (AvgIpc) is 2.85. The van der Waals surface area contributed by atoms with Gasteiger partial charge in [-0.2, -0.15) is 0 Å². The normalized spacial score (nSPS) is 14.5. The van der Waals surface area contributed by atoms with Crippen LogP contribution in [0.2, 0.25) is 0 Å². The Morgan fingerprint density at radius 1 is 0.971 bits per heavy atom. The molecule has 0 aliphatic carbocycles. The Morgan fingerprint density at radius 3 is 2.43 bits per heavy atom. The van der Waals surface area contributed by atoms with Crippen LogP contribution in [0.1, 0.15) is 53.7 Å². The summed E-state index contributed by atoms with van der Waals surface area (Å²) < 4.78 is 6.29. The Morgan fingerprint density at radius 2 is 1.69 bits per heavy atom. The molecule has 0 unspecified atom stereocenters. The Hall–Kier alpha value is -3.17. The summed E-state index contributed by atoms with van der Waals surface area (Å²) in [4.78, 5) is 15.5. The molecule has 0 radical (unpaired) electrons. The van der Waals surface area contributed by atoms with Crippen LogP contribution in [0, 0.1) is 6.92 Å². The monoisotopic (exact) mass is 467 g/mol. The van der Waals surface area contributed by atoms with Crippen molar-refractivity contribution in [1.29, 1.82) is 0 Å². The highest BCUT2D eigenvalue weighted by atomic mass is 16.5. The maximum absolute atomic E-state index is 13.1. The second kappa shape index (κ2) is 11.5. The van der Waals surface area contributed by atoms with Gasteiger partial charge in [-0.15, -0.1) is 0 Å². The number of allylic oxidation sites excluding steroid dienone is 2. The predicted octanol–water partition coefficient (Wildman–Crippen LogP) is 7.07. The second-order valence-corrected chi connectivity index (χ2v) is 10.1. The molecule has 0 saturated carbocycles. The minimum atomic E-state index is 0.153. The summed E-state index contributed by atoms with van der Waals surface area (Å²) in [6.07, 6.45) is 5.87. The van der Waals surface area contributed by atoms with Crippen molar-refractivity contribution in [3.8, 4) is 16.9 Å². The Labute approximate surface area is 210 Å². The number of benzene rings is 3. The molecule has 4 rings (SSSR count). The molecule has 1 saturated heterocycles. The van der Waals surface area contributed by atoms with Crippen LogP contribution >= 0.6 is 0 Å². The lowest BCUT2D eigenvalue weighted by Gasteiger charge is -2.29. The number of carbonyl (C=O) groups excluding carboxylic acids is 1. The van der Waals surface area contributed by atoms with E-state index in [1.807, 2.05) is 24.3 Å². The Kier molecular flexibility index (Phi) is 8.20. The molecule has 182 valence electrons. The molecule has 0 amide bonds. The van der Waals surface area contributed by atoms with Gasteiger partial charge >= 0.3 is 0 Å². The zero-order valence-electron chi connectivity index (χ0n) is 21.5. The third kappa shape index (κ3) is 6.93. The summed E-state index contributed by atoms with van der Waals surface area (Å²) in [6.45, 7) is 8.48. The van der Waals surface area contributed by atoms with E-state index in [1.165, 1.54) is 16.7 Å². The first-order chi connectivity index (χ1) is 16.9. The molecule has 0 spiro atoms. The van der Waals surface area contributed by atoms with Crippen LogP contribution in [-0.2, 0) is 12.8 Å². The smallest absolute Gasteiger partial charge is 0.167 e. The van der Waals surface area contributed by atoms with Gasteiger partial charge in [-0.25, -0.2) is 0 Å². The SMILES string of the molecule is CC(C)=CCc1cc(C(=O)Cc2cccc(-c3cccc(OC4CCN(C)CC4)c3)c2)ccc1C. The van der Waals surface area contributed by atoms with Gasteiger partial charge in [-0.1, -0.05) is 60.2 Å². The highest BCUT2D eigenvalue weighted by molar-refractivity contribution is 5.98. The molecule has 3 aromatic carbocycles. The van der Waals surface area contributed by atoms with Crippen LogP contribution in [0.15, 0.2) is 78.4 Å². The number of hydrogen-bond acceptors (Lipinski definition) is 3. The number of Topliss-reactive ketones (excluding diaryl/α,β-unsaturated/α-hetero) is 1. The van der Waals surface area contributed by atoms with Gasteiger partial charge in [0.05, 0.1) is 0 Å². The maximum atomic E-state index is 13.1. The summed E-state index contributed by atoms with van der Waals surface area (Å²) in [7, 11) is 2.16.